The zero-order valence-electron chi connectivity index (χ0n) is 10.1. The van der Waals surface area contributed by atoms with E-state index in [4.69, 9.17) is 15.4 Å². The third-order valence-electron chi connectivity index (χ3n) is 2.39. The second-order valence-electron chi connectivity index (χ2n) is 3.82. The Morgan fingerprint density at radius 3 is 2.42 bits per heavy atom. The van der Waals surface area contributed by atoms with E-state index in [1.807, 2.05) is 0 Å². The van der Waals surface area contributed by atoms with Crippen molar-refractivity contribution in [3.8, 4) is 0 Å². The van der Waals surface area contributed by atoms with Crippen molar-refractivity contribution in [1.82, 2.24) is 0 Å². The van der Waals surface area contributed by atoms with Crippen molar-refractivity contribution in [2.24, 2.45) is 0 Å². The van der Waals surface area contributed by atoms with Gasteiger partial charge >= 0.3 is 5.97 Å². The van der Waals surface area contributed by atoms with Gasteiger partial charge < -0.3 is 4.74 Å². The molecule has 4 nitrogen and oxygen atoms in total. The van der Waals surface area contributed by atoms with E-state index in [2.05, 4.69) is 0 Å². The Morgan fingerprint density at radius 2 is 1.95 bits per heavy atom. The molecule has 0 N–H and O–H groups in total. The molecule has 0 aromatic heterocycles. The number of hydrogen-bond donors (Lipinski definition) is 0. The molecule has 0 aliphatic carbocycles. The quantitative estimate of drug-likeness (QED) is 0.633. The first-order chi connectivity index (χ1) is 8.66. The smallest absolute Gasteiger partial charge is 0.341 e. The van der Waals surface area contributed by atoms with Crippen LogP contribution in [0.25, 0.3) is 0 Å². The highest BCUT2D eigenvalue weighted by atomic mass is 35.7. The topological polar surface area (TPSA) is 60.4 Å². The van der Waals surface area contributed by atoms with Crippen LogP contribution in [0.1, 0.15) is 30.6 Å². The summed E-state index contributed by atoms with van der Waals surface area (Å²) in [6.45, 7) is 3.33. The minimum atomic E-state index is -4.42. The van der Waals surface area contributed by atoms with Crippen LogP contribution in [0, 0.1) is 11.6 Å². The van der Waals surface area contributed by atoms with Crippen molar-refractivity contribution in [3.05, 3.63) is 29.3 Å². The fourth-order valence-corrected chi connectivity index (χ4v) is 2.11. The van der Waals surface area contributed by atoms with Gasteiger partial charge in [-0.2, -0.15) is 0 Å². The number of carbonyl (C=O) groups is 1. The van der Waals surface area contributed by atoms with E-state index in [0.717, 1.165) is 0 Å². The van der Waals surface area contributed by atoms with E-state index >= 15 is 0 Å². The summed E-state index contributed by atoms with van der Waals surface area (Å²) in [4.78, 5) is 10.6. The zero-order valence-corrected chi connectivity index (χ0v) is 11.7. The van der Waals surface area contributed by atoms with Crippen LogP contribution in [0.5, 0.6) is 0 Å². The fourth-order valence-electron chi connectivity index (χ4n) is 1.20. The molecule has 0 amide bonds. The van der Waals surface area contributed by atoms with Gasteiger partial charge in [-0.15, -0.1) is 0 Å². The summed E-state index contributed by atoms with van der Waals surface area (Å²) in [5.74, 6) is -3.66. The Hall–Kier alpha value is -1.21. The maximum absolute atomic E-state index is 13.4. The Balaban J connectivity index is 3.26. The van der Waals surface area contributed by atoms with Gasteiger partial charge in [0.25, 0.3) is 9.05 Å². The lowest BCUT2D eigenvalue weighted by Gasteiger charge is -2.11. The van der Waals surface area contributed by atoms with Crippen LogP contribution in [0.3, 0.4) is 0 Å². The lowest BCUT2D eigenvalue weighted by Crippen LogP contribution is -2.16. The first kappa shape index (κ1) is 15.8. The number of benzene rings is 1. The van der Waals surface area contributed by atoms with Crippen LogP contribution in [0.2, 0.25) is 0 Å². The van der Waals surface area contributed by atoms with Crippen molar-refractivity contribution in [2.75, 3.05) is 0 Å². The highest BCUT2D eigenvalue weighted by Crippen LogP contribution is 2.23. The normalized spacial score (nSPS) is 13.1. The summed E-state index contributed by atoms with van der Waals surface area (Å²) >= 11 is 0. The van der Waals surface area contributed by atoms with Gasteiger partial charge in [-0.05, 0) is 19.4 Å². The monoisotopic (exact) mass is 312 g/mol. The van der Waals surface area contributed by atoms with Crippen LogP contribution < -0.4 is 0 Å². The SMILES string of the molecule is CCC(C)OC(=O)c1cc(S(=O)(=O)Cl)c(F)cc1F. The van der Waals surface area contributed by atoms with Crippen molar-refractivity contribution in [3.63, 3.8) is 0 Å². The number of halogens is 3. The average molecular weight is 313 g/mol. The summed E-state index contributed by atoms with van der Waals surface area (Å²) in [6.07, 6.45) is 0.0166. The fraction of sp³-hybridized carbons (Fsp3) is 0.364. The lowest BCUT2D eigenvalue weighted by molar-refractivity contribution is 0.0329. The molecule has 0 saturated carbocycles. The Bertz CT molecular complexity index is 601. The largest absolute Gasteiger partial charge is 0.459 e. The second kappa shape index (κ2) is 5.83. The van der Waals surface area contributed by atoms with Crippen molar-refractivity contribution >= 4 is 25.7 Å². The molecule has 1 aromatic rings. The molecule has 0 spiro atoms. The molecular weight excluding hydrogens is 302 g/mol. The molecule has 0 radical (unpaired) electrons. The molecule has 0 fully saturated rings. The average Bonchev–Trinajstić information content (AvgIpc) is 2.26. The standard InChI is InChI=1S/C11H11ClF2O4S/c1-3-6(2)18-11(15)7-4-10(19(12,16)17)9(14)5-8(7)13/h4-6H,3H2,1-2H3. The van der Waals surface area contributed by atoms with Gasteiger partial charge in [-0.25, -0.2) is 22.0 Å². The summed E-state index contributed by atoms with van der Waals surface area (Å²) < 4.78 is 53.7. The van der Waals surface area contributed by atoms with Crippen LogP contribution in [-0.4, -0.2) is 20.5 Å². The molecule has 1 rings (SSSR count). The summed E-state index contributed by atoms with van der Waals surface area (Å²) in [5, 5.41) is 0. The van der Waals surface area contributed by atoms with E-state index in [1.165, 1.54) is 0 Å². The van der Waals surface area contributed by atoms with Gasteiger partial charge in [0.05, 0.1) is 11.7 Å². The second-order valence-corrected chi connectivity index (χ2v) is 6.36. The van der Waals surface area contributed by atoms with E-state index in [-0.39, 0.29) is 6.07 Å². The van der Waals surface area contributed by atoms with Gasteiger partial charge in [0, 0.05) is 16.7 Å². The molecule has 0 heterocycles. The molecule has 0 aliphatic rings. The maximum Gasteiger partial charge on any atom is 0.341 e. The van der Waals surface area contributed by atoms with Crippen LogP contribution in [-0.2, 0) is 13.8 Å². The first-order valence-electron chi connectivity index (χ1n) is 5.31. The lowest BCUT2D eigenvalue weighted by atomic mass is 10.2. The third-order valence-corrected chi connectivity index (χ3v) is 3.72. The van der Waals surface area contributed by atoms with Crippen molar-refractivity contribution in [1.29, 1.82) is 0 Å². The summed E-state index contributed by atoms with van der Waals surface area (Å²) in [5.41, 5.74) is -0.680. The number of rotatable bonds is 4. The van der Waals surface area contributed by atoms with Crippen molar-refractivity contribution < 1.29 is 26.7 Å². The minimum Gasteiger partial charge on any atom is -0.459 e. The Kier molecular flexibility index (Phi) is 4.86. The van der Waals surface area contributed by atoms with Gasteiger partial charge in [0.1, 0.15) is 16.5 Å². The third kappa shape index (κ3) is 3.87. The van der Waals surface area contributed by atoms with E-state index in [1.54, 1.807) is 13.8 Å². The number of ether oxygens (including phenoxy) is 1. The molecule has 1 unspecified atom stereocenters. The van der Waals surface area contributed by atoms with Crippen LogP contribution in [0.4, 0.5) is 8.78 Å². The number of esters is 1. The summed E-state index contributed by atoms with van der Waals surface area (Å²) in [7, 11) is 0.566. The van der Waals surface area contributed by atoms with E-state index in [9.17, 15) is 22.0 Å². The van der Waals surface area contributed by atoms with Gasteiger partial charge in [0.15, 0.2) is 0 Å². The van der Waals surface area contributed by atoms with E-state index in [0.29, 0.717) is 12.5 Å². The molecule has 1 atom stereocenters. The summed E-state index contributed by atoms with van der Waals surface area (Å²) in [6, 6.07) is 0.806. The number of hydrogen-bond acceptors (Lipinski definition) is 4. The van der Waals surface area contributed by atoms with Gasteiger partial charge in [0.2, 0.25) is 0 Å². The van der Waals surface area contributed by atoms with Gasteiger partial charge in [-0.1, -0.05) is 6.92 Å². The van der Waals surface area contributed by atoms with Crippen LogP contribution in [0.15, 0.2) is 17.0 Å². The van der Waals surface area contributed by atoms with E-state index < -0.39 is 43.2 Å². The molecule has 0 aliphatic heterocycles. The van der Waals surface area contributed by atoms with Gasteiger partial charge in [-0.3, -0.25) is 0 Å². The first-order valence-corrected chi connectivity index (χ1v) is 7.62. The predicted molar refractivity (Wildman–Crippen MR) is 64.6 cm³/mol. The van der Waals surface area contributed by atoms with Crippen LogP contribution >= 0.6 is 10.7 Å². The minimum absolute atomic E-state index is 0.280. The molecule has 106 valence electrons. The molecule has 19 heavy (non-hydrogen) atoms. The molecule has 0 bridgehead atoms. The maximum atomic E-state index is 13.4. The Morgan fingerprint density at radius 1 is 1.37 bits per heavy atom. The Labute approximate surface area is 113 Å². The molecule has 0 saturated heterocycles. The zero-order chi connectivity index (χ0) is 14.8. The highest BCUT2D eigenvalue weighted by molar-refractivity contribution is 8.13. The predicted octanol–water partition coefficient (Wildman–Crippen LogP) is 2.85. The molecule has 1 aromatic carbocycles. The molecular formula is C11H11ClF2O4S. The van der Waals surface area contributed by atoms with Crippen molar-refractivity contribution in [2.45, 2.75) is 31.3 Å². The highest BCUT2D eigenvalue weighted by Gasteiger charge is 2.24. The molecule has 8 heteroatoms. The number of carbonyl (C=O) groups excluding carboxylic acids is 1.